The Morgan fingerprint density at radius 2 is 1.95 bits per heavy atom. The van der Waals surface area contributed by atoms with Crippen molar-refractivity contribution in [1.82, 2.24) is 30.0 Å². The van der Waals surface area contributed by atoms with E-state index in [1.807, 2.05) is 52.5 Å². The zero-order valence-electron chi connectivity index (χ0n) is 22.1. The number of nitrogens with one attached hydrogen (secondary N) is 2. The van der Waals surface area contributed by atoms with Crippen LogP contribution < -0.4 is 10.6 Å². The maximum Gasteiger partial charge on any atom is 0.148 e. The molecule has 3 heterocycles. The highest BCUT2D eigenvalue weighted by atomic mass is 32.2. The van der Waals surface area contributed by atoms with Gasteiger partial charge in [-0.15, -0.1) is 11.3 Å². The van der Waals surface area contributed by atoms with Crippen LogP contribution in [0.2, 0.25) is 0 Å². The number of benzene rings is 3. The predicted molar refractivity (Wildman–Crippen MR) is 161 cm³/mol. The lowest BCUT2D eigenvalue weighted by Gasteiger charge is -2.10. The zero-order valence-corrected chi connectivity index (χ0v) is 23.7. The molecule has 0 amide bonds. The molecule has 208 valence electrons. The van der Waals surface area contributed by atoms with E-state index < -0.39 is 9.84 Å². The number of halogens is 1. The third-order valence-corrected chi connectivity index (χ3v) is 8.33. The summed E-state index contributed by atoms with van der Waals surface area (Å²) >= 11 is 1.52. The van der Waals surface area contributed by atoms with E-state index in [2.05, 4.69) is 25.7 Å². The van der Waals surface area contributed by atoms with Crippen LogP contribution in [0.15, 0.2) is 78.6 Å². The van der Waals surface area contributed by atoms with Gasteiger partial charge in [0.15, 0.2) is 0 Å². The van der Waals surface area contributed by atoms with Gasteiger partial charge in [0.2, 0.25) is 0 Å². The van der Waals surface area contributed by atoms with Gasteiger partial charge >= 0.3 is 0 Å². The summed E-state index contributed by atoms with van der Waals surface area (Å²) in [6, 6.07) is 18.4. The molecule has 0 saturated heterocycles. The topological polar surface area (TPSA) is 115 Å². The number of thiazole rings is 1. The Bertz CT molecular complexity index is 1970. The quantitative estimate of drug-likeness (QED) is 0.211. The fraction of sp³-hybridized carbons (Fsp3) is 0.172. The minimum atomic E-state index is -3.00. The molecular weight excluding hydrogens is 561 g/mol. The summed E-state index contributed by atoms with van der Waals surface area (Å²) < 4.78 is 38.1. The van der Waals surface area contributed by atoms with Crippen LogP contribution in [-0.2, 0) is 22.9 Å². The summed E-state index contributed by atoms with van der Waals surface area (Å²) in [4.78, 5) is 13.7. The van der Waals surface area contributed by atoms with E-state index >= 15 is 0 Å². The molecule has 6 rings (SSSR count). The van der Waals surface area contributed by atoms with E-state index in [-0.39, 0.29) is 11.6 Å². The molecule has 12 heteroatoms. The van der Waals surface area contributed by atoms with Crippen LogP contribution in [0.25, 0.3) is 33.1 Å². The first-order chi connectivity index (χ1) is 19.8. The molecule has 0 bridgehead atoms. The molecule has 3 aromatic heterocycles. The Morgan fingerprint density at radius 1 is 1.05 bits per heavy atom. The monoisotopic (exact) mass is 587 g/mol. The Labute approximate surface area is 240 Å². The fourth-order valence-corrected chi connectivity index (χ4v) is 5.82. The molecule has 0 aliphatic heterocycles. The van der Waals surface area contributed by atoms with Gasteiger partial charge in [0.1, 0.15) is 32.8 Å². The van der Waals surface area contributed by atoms with Gasteiger partial charge in [-0.05, 0) is 48.0 Å². The zero-order chi connectivity index (χ0) is 28.4. The highest BCUT2D eigenvalue weighted by molar-refractivity contribution is 7.90. The Kier molecular flexibility index (Phi) is 7.43. The maximum absolute atomic E-state index is 13.6. The number of hydrogen-bond donors (Lipinski definition) is 2. The Balaban J connectivity index is 1.21. The molecule has 6 aromatic rings. The van der Waals surface area contributed by atoms with Crippen molar-refractivity contribution < 1.29 is 12.8 Å². The molecule has 0 unspecified atom stereocenters. The van der Waals surface area contributed by atoms with Gasteiger partial charge in [0.25, 0.3) is 0 Å². The molecule has 0 aliphatic carbocycles. The van der Waals surface area contributed by atoms with Crippen LogP contribution >= 0.6 is 11.3 Å². The van der Waals surface area contributed by atoms with Gasteiger partial charge in [-0.25, -0.2) is 27.8 Å². The van der Waals surface area contributed by atoms with Gasteiger partial charge in [0, 0.05) is 46.7 Å². The van der Waals surface area contributed by atoms with E-state index in [0.717, 1.165) is 49.3 Å². The SMILES string of the molecule is CS(=O)(=O)CCNCc1nc(-c2ccc3ncnc(Nc4ccc5c(cnn5Cc5cccc(F)c5)c4)c3c2)cs1. The van der Waals surface area contributed by atoms with Crippen LogP contribution in [0.5, 0.6) is 0 Å². The molecule has 3 aromatic carbocycles. The second kappa shape index (κ2) is 11.3. The Morgan fingerprint density at radius 3 is 2.80 bits per heavy atom. The highest BCUT2D eigenvalue weighted by Crippen LogP contribution is 2.30. The van der Waals surface area contributed by atoms with E-state index in [4.69, 9.17) is 4.98 Å². The van der Waals surface area contributed by atoms with Gasteiger partial charge in [0.05, 0.1) is 35.2 Å². The average molecular weight is 588 g/mol. The molecule has 9 nitrogen and oxygen atoms in total. The number of rotatable bonds is 10. The van der Waals surface area contributed by atoms with Crippen LogP contribution in [0, 0.1) is 5.82 Å². The fourth-order valence-electron chi connectivity index (χ4n) is 4.53. The molecule has 0 saturated carbocycles. The largest absolute Gasteiger partial charge is 0.340 e. The lowest BCUT2D eigenvalue weighted by molar-refractivity contribution is 0.596. The van der Waals surface area contributed by atoms with E-state index in [1.54, 1.807) is 12.3 Å². The lowest BCUT2D eigenvalue weighted by Crippen LogP contribution is -2.21. The number of sulfone groups is 1. The summed E-state index contributed by atoms with van der Waals surface area (Å²) in [6.07, 6.45) is 4.56. The van der Waals surface area contributed by atoms with Crippen LogP contribution in [0.1, 0.15) is 10.6 Å². The van der Waals surface area contributed by atoms with Gasteiger partial charge in [-0.2, -0.15) is 5.10 Å². The highest BCUT2D eigenvalue weighted by Gasteiger charge is 2.11. The first-order valence-electron chi connectivity index (χ1n) is 12.9. The summed E-state index contributed by atoms with van der Waals surface area (Å²) in [5.74, 6) is 0.497. The second-order valence-electron chi connectivity index (χ2n) is 9.72. The molecule has 0 spiro atoms. The maximum atomic E-state index is 13.6. The molecule has 41 heavy (non-hydrogen) atoms. The Hall–Kier alpha value is -4.26. The van der Waals surface area contributed by atoms with Crippen molar-refractivity contribution in [3.8, 4) is 11.3 Å². The summed E-state index contributed by atoms with van der Waals surface area (Å²) in [5, 5.41) is 15.7. The normalized spacial score (nSPS) is 11.9. The van der Waals surface area contributed by atoms with Crippen molar-refractivity contribution in [2.45, 2.75) is 13.1 Å². The lowest BCUT2D eigenvalue weighted by atomic mass is 10.1. The van der Waals surface area contributed by atoms with Crippen molar-refractivity contribution in [2.75, 3.05) is 23.9 Å². The van der Waals surface area contributed by atoms with Crippen molar-refractivity contribution in [3.05, 3.63) is 95.0 Å². The van der Waals surface area contributed by atoms with Crippen LogP contribution in [-0.4, -0.2) is 51.7 Å². The standard InChI is InChI=1S/C29H26FN7O2S2/c1-41(38,39)10-9-31-15-28-36-26(17-40-28)20-5-7-25-24(13-20)29(33-18-32-25)35-23-6-8-27-21(12-23)14-34-37(27)16-19-3-2-4-22(30)11-19/h2-8,11-14,17-18,31H,9-10,15-16H2,1H3,(H,32,33,35). The van der Waals surface area contributed by atoms with Crippen molar-refractivity contribution >= 4 is 54.5 Å². The number of anilines is 2. The van der Waals surface area contributed by atoms with Crippen molar-refractivity contribution in [3.63, 3.8) is 0 Å². The third kappa shape index (κ3) is 6.40. The van der Waals surface area contributed by atoms with Gasteiger partial charge in [-0.1, -0.05) is 18.2 Å². The second-order valence-corrected chi connectivity index (χ2v) is 12.9. The smallest absolute Gasteiger partial charge is 0.148 e. The molecule has 0 radical (unpaired) electrons. The summed E-state index contributed by atoms with van der Waals surface area (Å²) in [6.45, 7) is 1.36. The summed E-state index contributed by atoms with van der Waals surface area (Å²) in [7, 11) is -3.00. The number of hydrogen-bond acceptors (Lipinski definition) is 9. The number of fused-ring (bicyclic) bond motifs is 2. The average Bonchev–Trinajstić information content (AvgIpc) is 3.58. The minimum absolute atomic E-state index is 0.0931. The number of nitrogens with zero attached hydrogens (tertiary/aromatic N) is 5. The van der Waals surface area contributed by atoms with Gasteiger partial charge in [-0.3, -0.25) is 4.68 Å². The molecule has 0 atom stereocenters. The van der Waals surface area contributed by atoms with Crippen molar-refractivity contribution in [2.24, 2.45) is 0 Å². The minimum Gasteiger partial charge on any atom is -0.340 e. The van der Waals surface area contributed by atoms with Crippen LogP contribution in [0.4, 0.5) is 15.9 Å². The first kappa shape index (κ1) is 26.9. The van der Waals surface area contributed by atoms with Crippen molar-refractivity contribution in [1.29, 1.82) is 0 Å². The summed E-state index contributed by atoms with van der Waals surface area (Å²) in [5.41, 5.74) is 5.20. The molecule has 0 aliphatic rings. The first-order valence-corrected chi connectivity index (χ1v) is 15.8. The van der Waals surface area contributed by atoms with E-state index in [0.29, 0.717) is 25.5 Å². The van der Waals surface area contributed by atoms with Crippen LogP contribution in [0.3, 0.4) is 0 Å². The van der Waals surface area contributed by atoms with Gasteiger partial charge < -0.3 is 10.6 Å². The molecule has 0 fully saturated rings. The van der Waals surface area contributed by atoms with E-state index in [1.165, 1.54) is 36.1 Å². The van der Waals surface area contributed by atoms with E-state index in [9.17, 15) is 12.8 Å². The third-order valence-electron chi connectivity index (χ3n) is 6.53. The predicted octanol–water partition coefficient (Wildman–Crippen LogP) is 5.17. The molecule has 2 N–H and O–H groups in total. The number of aromatic nitrogens is 5. The molecular formula is C29H26FN7O2S2.